The standard InChI is InChI=1S/2C2H7N.H2O4S/c2*1-3-2;1-5(2,3)4/h2*3H,1-2H3;(H2,1,2,3,4)/p-2. The highest BCUT2D eigenvalue weighted by atomic mass is 32.3. The van der Waals surface area contributed by atoms with Gasteiger partial charge in [-0.1, -0.05) is 0 Å². The third-order valence-corrected chi connectivity index (χ3v) is 0. The molecular formula is C4H14N2O4S-2. The van der Waals surface area contributed by atoms with Crippen molar-refractivity contribution in [1.82, 2.24) is 10.6 Å². The lowest BCUT2D eigenvalue weighted by atomic mass is 11.3. The van der Waals surface area contributed by atoms with E-state index in [0.29, 0.717) is 0 Å². The fraction of sp³-hybridized carbons (Fsp3) is 1.00. The summed E-state index contributed by atoms with van der Waals surface area (Å²) < 4.78 is 34.1. The second-order valence-corrected chi connectivity index (χ2v) is 2.22. The van der Waals surface area contributed by atoms with Crippen LogP contribution in [0.1, 0.15) is 0 Å². The van der Waals surface area contributed by atoms with Crippen LogP contribution in [-0.4, -0.2) is 45.7 Å². The average molecular weight is 186 g/mol. The summed E-state index contributed by atoms with van der Waals surface area (Å²) in [5.74, 6) is 0. The summed E-state index contributed by atoms with van der Waals surface area (Å²) in [5, 5.41) is 5.50. The van der Waals surface area contributed by atoms with Gasteiger partial charge in [-0.05, 0) is 28.2 Å². The molecule has 2 N–H and O–H groups in total. The molecule has 0 fully saturated rings. The van der Waals surface area contributed by atoms with Crippen LogP contribution in [0.2, 0.25) is 0 Å². The predicted octanol–water partition coefficient (Wildman–Crippen LogP) is -1.67. The molecule has 0 aromatic heterocycles. The van der Waals surface area contributed by atoms with E-state index in [-0.39, 0.29) is 0 Å². The van der Waals surface area contributed by atoms with Gasteiger partial charge < -0.3 is 19.7 Å². The molecule has 0 aliphatic heterocycles. The molecule has 0 saturated heterocycles. The first-order valence-electron chi connectivity index (χ1n) is 2.67. The van der Waals surface area contributed by atoms with E-state index in [1.54, 1.807) is 0 Å². The molecule has 0 aromatic carbocycles. The van der Waals surface area contributed by atoms with Crippen molar-refractivity contribution in [2.45, 2.75) is 0 Å². The van der Waals surface area contributed by atoms with Crippen LogP contribution in [0.4, 0.5) is 0 Å². The summed E-state index contributed by atoms with van der Waals surface area (Å²) in [6.07, 6.45) is 0. The highest BCUT2D eigenvalue weighted by Crippen LogP contribution is 1.57. The molecule has 0 aliphatic rings. The Morgan fingerprint density at radius 1 is 0.909 bits per heavy atom. The van der Waals surface area contributed by atoms with Gasteiger partial charge >= 0.3 is 0 Å². The van der Waals surface area contributed by atoms with E-state index in [1.807, 2.05) is 28.2 Å². The van der Waals surface area contributed by atoms with E-state index in [2.05, 4.69) is 10.6 Å². The highest BCUT2D eigenvalue weighted by molar-refractivity contribution is 7.79. The van der Waals surface area contributed by atoms with Gasteiger partial charge in [0.15, 0.2) is 0 Å². The van der Waals surface area contributed by atoms with Crippen molar-refractivity contribution in [3.8, 4) is 0 Å². The predicted molar refractivity (Wildman–Crippen MR) is 40.4 cm³/mol. The monoisotopic (exact) mass is 186 g/mol. The zero-order valence-corrected chi connectivity index (χ0v) is 7.86. The van der Waals surface area contributed by atoms with Crippen molar-refractivity contribution in [1.29, 1.82) is 0 Å². The summed E-state index contributed by atoms with van der Waals surface area (Å²) >= 11 is 0. The Bertz CT molecular complexity index is 123. The molecule has 0 amide bonds. The van der Waals surface area contributed by atoms with Gasteiger partial charge in [0.25, 0.3) is 0 Å². The van der Waals surface area contributed by atoms with Crippen LogP contribution in [0, 0.1) is 0 Å². The third-order valence-electron chi connectivity index (χ3n) is 0. The van der Waals surface area contributed by atoms with Gasteiger partial charge in [0, 0.05) is 10.4 Å². The molecule has 0 radical (unpaired) electrons. The summed E-state index contributed by atoms with van der Waals surface area (Å²) in [7, 11) is 2.33. The largest absolute Gasteiger partial charge is 0.759 e. The van der Waals surface area contributed by atoms with Crippen molar-refractivity contribution in [3.05, 3.63) is 0 Å². The van der Waals surface area contributed by atoms with Crippen LogP contribution in [0.5, 0.6) is 0 Å². The molecule has 0 atom stereocenters. The molecule has 11 heavy (non-hydrogen) atoms. The van der Waals surface area contributed by atoms with E-state index >= 15 is 0 Å². The fourth-order valence-electron chi connectivity index (χ4n) is 0. The first kappa shape index (κ1) is 17.0. The maximum absolute atomic E-state index is 8.52. The van der Waals surface area contributed by atoms with E-state index in [4.69, 9.17) is 17.5 Å². The van der Waals surface area contributed by atoms with Gasteiger partial charge in [-0.3, -0.25) is 8.42 Å². The van der Waals surface area contributed by atoms with Gasteiger partial charge in [0.1, 0.15) is 0 Å². The van der Waals surface area contributed by atoms with Gasteiger partial charge in [0.2, 0.25) is 0 Å². The van der Waals surface area contributed by atoms with Crippen LogP contribution < -0.4 is 10.6 Å². The lowest BCUT2D eigenvalue weighted by molar-refractivity contribution is 0.352. The van der Waals surface area contributed by atoms with Gasteiger partial charge in [-0.15, -0.1) is 0 Å². The second-order valence-electron chi connectivity index (χ2n) is 1.41. The zero-order valence-electron chi connectivity index (χ0n) is 7.04. The van der Waals surface area contributed by atoms with Crippen molar-refractivity contribution >= 4 is 10.4 Å². The van der Waals surface area contributed by atoms with Crippen LogP contribution in [0.3, 0.4) is 0 Å². The Morgan fingerprint density at radius 2 is 0.909 bits per heavy atom. The summed E-state index contributed by atoms with van der Waals surface area (Å²) in [5.41, 5.74) is 0. The average Bonchev–Trinajstić information content (AvgIpc) is 1.62. The molecule has 7 heteroatoms. The molecular weight excluding hydrogens is 172 g/mol. The summed E-state index contributed by atoms with van der Waals surface area (Å²) in [6, 6.07) is 0. The fourth-order valence-corrected chi connectivity index (χ4v) is 0. The Hall–Kier alpha value is -0.210. The van der Waals surface area contributed by atoms with E-state index in [9.17, 15) is 0 Å². The van der Waals surface area contributed by atoms with Gasteiger partial charge in [0.05, 0.1) is 0 Å². The number of hydrogen-bond acceptors (Lipinski definition) is 6. The number of rotatable bonds is 0. The number of nitrogens with one attached hydrogen (secondary N) is 2. The Morgan fingerprint density at radius 3 is 0.909 bits per heavy atom. The zero-order chi connectivity index (χ0) is 9.91. The smallest absolute Gasteiger partial charge is 0.0311 e. The normalized spacial score (nSPS) is 8.55. The minimum absolute atomic E-state index is 1.88. The molecule has 72 valence electrons. The second kappa shape index (κ2) is 12.5. The Labute approximate surface area is 67.6 Å². The lowest BCUT2D eigenvalue weighted by Gasteiger charge is -2.06. The van der Waals surface area contributed by atoms with E-state index in [1.165, 1.54) is 0 Å². The molecule has 0 unspecified atom stereocenters. The lowest BCUT2D eigenvalue weighted by Crippen LogP contribution is -1.91. The molecule has 6 nitrogen and oxygen atoms in total. The van der Waals surface area contributed by atoms with Crippen molar-refractivity contribution in [3.63, 3.8) is 0 Å². The minimum atomic E-state index is -5.17. The molecule has 0 aromatic rings. The maximum Gasteiger partial charge on any atom is 0.0311 e. The minimum Gasteiger partial charge on any atom is -0.759 e. The molecule has 0 saturated carbocycles. The molecule has 0 bridgehead atoms. The van der Waals surface area contributed by atoms with Gasteiger partial charge in [-0.25, -0.2) is 0 Å². The molecule has 0 aliphatic carbocycles. The van der Waals surface area contributed by atoms with Crippen LogP contribution in [0.15, 0.2) is 0 Å². The Kier molecular flexibility index (Phi) is 19.3. The third kappa shape index (κ3) is 13500. The Balaban J connectivity index is -0.0000000933. The SMILES string of the molecule is CNC.CNC.O=S(=O)([O-])[O-]. The van der Waals surface area contributed by atoms with Crippen molar-refractivity contribution < 1.29 is 17.5 Å². The highest BCUT2D eigenvalue weighted by Gasteiger charge is 1.49. The first-order valence-corrected chi connectivity index (χ1v) is 4.00. The summed E-state index contributed by atoms with van der Waals surface area (Å²) in [6.45, 7) is 0. The first-order chi connectivity index (χ1) is 4.83. The van der Waals surface area contributed by atoms with Crippen LogP contribution >= 0.6 is 0 Å². The van der Waals surface area contributed by atoms with Crippen LogP contribution in [-0.2, 0) is 10.4 Å². The van der Waals surface area contributed by atoms with E-state index < -0.39 is 10.4 Å². The summed E-state index contributed by atoms with van der Waals surface area (Å²) in [4.78, 5) is 0. The maximum atomic E-state index is 8.52. The molecule has 0 rings (SSSR count). The van der Waals surface area contributed by atoms with Crippen LogP contribution in [0.25, 0.3) is 0 Å². The van der Waals surface area contributed by atoms with E-state index in [0.717, 1.165) is 0 Å². The van der Waals surface area contributed by atoms with Crippen molar-refractivity contribution in [2.24, 2.45) is 0 Å². The molecule has 0 heterocycles. The van der Waals surface area contributed by atoms with Gasteiger partial charge in [-0.2, -0.15) is 0 Å². The van der Waals surface area contributed by atoms with Crippen molar-refractivity contribution in [2.75, 3.05) is 28.2 Å². The number of hydrogen-bond donors (Lipinski definition) is 2. The topological polar surface area (TPSA) is 104 Å². The quantitative estimate of drug-likeness (QED) is 0.346. The molecule has 0 spiro atoms.